The van der Waals surface area contributed by atoms with Crippen LogP contribution in [0.1, 0.15) is 31.7 Å². The van der Waals surface area contributed by atoms with E-state index < -0.39 is 0 Å². The first-order valence-electron chi connectivity index (χ1n) is 18.9. The first-order valence-corrected chi connectivity index (χ1v) is 20.5. The molecule has 0 bridgehead atoms. The van der Waals surface area contributed by atoms with Gasteiger partial charge in [-0.05, 0) is 79.4 Å². The van der Waals surface area contributed by atoms with Gasteiger partial charge in [0.2, 0.25) is 0 Å². The lowest BCUT2D eigenvalue weighted by atomic mass is 9.82. The van der Waals surface area contributed by atoms with Gasteiger partial charge in [-0.2, -0.15) is 0 Å². The van der Waals surface area contributed by atoms with Gasteiger partial charge in [0, 0.05) is 53.9 Å². The lowest BCUT2D eigenvalue weighted by Crippen LogP contribution is -2.45. The molecular weight excluding hydrogens is 693 g/mol. The molecule has 0 amide bonds. The maximum atomic E-state index is 2.60. The summed E-state index contributed by atoms with van der Waals surface area (Å²) in [5.41, 5.74) is 7.19. The van der Waals surface area contributed by atoms with Gasteiger partial charge in [-0.1, -0.05) is 134 Å². The number of hydrogen-bond donors (Lipinski definition) is 0. The molecule has 2 aliphatic rings. The zero-order valence-corrected chi connectivity index (χ0v) is 32.0. The Hall–Kier alpha value is -5.68. The van der Waals surface area contributed by atoms with Crippen LogP contribution in [0.25, 0.3) is 40.3 Å². The van der Waals surface area contributed by atoms with Crippen LogP contribution in [0.15, 0.2) is 188 Å². The molecule has 8 aromatic rings. The van der Waals surface area contributed by atoms with Crippen molar-refractivity contribution in [2.24, 2.45) is 5.92 Å². The number of benzene rings is 6. The summed E-state index contributed by atoms with van der Waals surface area (Å²) in [6.07, 6.45) is 17.3. The summed E-state index contributed by atoms with van der Waals surface area (Å²) in [5, 5.41) is 5.29. The van der Waals surface area contributed by atoms with Crippen molar-refractivity contribution in [2.75, 3.05) is 9.80 Å². The van der Waals surface area contributed by atoms with Crippen molar-refractivity contribution in [2.45, 2.75) is 31.7 Å². The van der Waals surface area contributed by atoms with Gasteiger partial charge in [-0.25, -0.2) is 0 Å². The molecule has 0 N–H and O–H groups in total. The standard InChI is InChI=1S/C50H40N2S2/c1-34-33-38(52(50(2)31-11-4-12-32-50)45-22-14-20-43-41-18-8-10-24-47(41)54-49(43)45)29-30-39(34)35-25-27-37(28-26-35)51(36-15-5-3-6-16-36)44-21-13-19-42-40-17-7-9-23-46(40)53-48(42)44/h3-31,33-34,39H,32H2,1-2H3. The number of fused-ring (bicyclic) bond motifs is 6. The molecule has 2 nitrogen and oxygen atoms in total. The summed E-state index contributed by atoms with van der Waals surface area (Å²) >= 11 is 3.78. The minimum atomic E-state index is -0.193. The number of nitrogens with zero attached hydrogens (tertiary/aromatic N) is 2. The van der Waals surface area contributed by atoms with E-state index in [0.717, 1.165) is 17.8 Å². The first-order chi connectivity index (χ1) is 26.6. The quantitative estimate of drug-likeness (QED) is 0.161. The Morgan fingerprint density at radius 2 is 1.19 bits per heavy atom. The van der Waals surface area contributed by atoms with Gasteiger partial charge in [-0.3, -0.25) is 0 Å². The van der Waals surface area contributed by atoms with E-state index in [2.05, 4.69) is 206 Å². The second-order valence-electron chi connectivity index (χ2n) is 14.8. The zero-order valence-electron chi connectivity index (χ0n) is 30.4. The Bertz CT molecular complexity index is 2800. The van der Waals surface area contributed by atoms with E-state index in [4.69, 9.17) is 0 Å². The highest BCUT2D eigenvalue weighted by atomic mass is 32.1. The van der Waals surface area contributed by atoms with E-state index in [1.165, 1.54) is 63.0 Å². The fourth-order valence-corrected chi connectivity index (χ4v) is 11.0. The molecule has 0 saturated heterocycles. The third kappa shape index (κ3) is 5.52. The second kappa shape index (κ2) is 13.3. The van der Waals surface area contributed by atoms with Crippen LogP contribution in [-0.4, -0.2) is 5.54 Å². The minimum Gasteiger partial charge on any atom is -0.331 e. The predicted molar refractivity (Wildman–Crippen MR) is 236 cm³/mol. The van der Waals surface area contributed by atoms with Crippen molar-refractivity contribution < 1.29 is 0 Å². The van der Waals surface area contributed by atoms with Crippen molar-refractivity contribution >= 4 is 85.8 Å². The number of thiophene rings is 2. The van der Waals surface area contributed by atoms with Gasteiger partial charge >= 0.3 is 0 Å². The molecule has 0 spiro atoms. The number of para-hydroxylation sites is 1. The van der Waals surface area contributed by atoms with Crippen LogP contribution in [0.3, 0.4) is 0 Å². The second-order valence-corrected chi connectivity index (χ2v) is 16.9. The smallest absolute Gasteiger partial charge is 0.0643 e. The van der Waals surface area contributed by atoms with E-state index in [9.17, 15) is 0 Å². The van der Waals surface area contributed by atoms with Gasteiger partial charge < -0.3 is 9.80 Å². The Morgan fingerprint density at radius 1 is 0.593 bits per heavy atom. The summed E-state index contributed by atoms with van der Waals surface area (Å²) in [4.78, 5) is 5.02. The molecule has 0 saturated carbocycles. The number of hydrogen-bond acceptors (Lipinski definition) is 4. The third-order valence-corrected chi connectivity index (χ3v) is 13.7. The monoisotopic (exact) mass is 732 g/mol. The molecule has 0 radical (unpaired) electrons. The molecule has 262 valence electrons. The summed E-state index contributed by atoms with van der Waals surface area (Å²) in [6, 6.07) is 51.2. The van der Waals surface area contributed by atoms with Crippen LogP contribution >= 0.6 is 22.7 Å². The molecule has 10 rings (SSSR count). The number of rotatable bonds is 7. The van der Waals surface area contributed by atoms with Gasteiger partial charge in [-0.15, -0.1) is 22.7 Å². The molecule has 2 aromatic heterocycles. The Labute approximate surface area is 324 Å². The fraction of sp³-hybridized carbons (Fsp3) is 0.120. The van der Waals surface area contributed by atoms with Crippen LogP contribution in [0.5, 0.6) is 0 Å². The van der Waals surface area contributed by atoms with Gasteiger partial charge in [0.15, 0.2) is 0 Å². The highest BCUT2D eigenvalue weighted by Gasteiger charge is 2.35. The lowest BCUT2D eigenvalue weighted by molar-refractivity contribution is 0.545. The molecule has 4 heteroatoms. The predicted octanol–water partition coefficient (Wildman–Crippen LogP) is 14.8. The minimum absolute atomic E-state index is 0.193. The highest BCUT2D eigenvalue weighted by molar-refractivity contribution is 7.26. The molecule has 54 heavy (non-hydrogen) atoms. The normalized spacial score (nSPS) is 19.6. The summed E-state index contributed by atoms with van der Waals surface area (Å²) < 4.78 is 5.30. The maximum absolute atomic E-state index is 2.60. The average Bonchev–Trinajstić information content (AvgIpc) is 3.79. The van der Waals surface area contributed by atoms with Crippen LogP contribution in [-0.2, 0) is 0 Å². The summed E-state index contributed by atoms with van der Waals surface area (Å²) in [6.45, 7) is 4.75. The Morgan fingerprint density at radius 3 is 1.83 bits per heavy atom. The van der Waals surface area contributed by atoms with Gasteiger partial charge in [0.05, 0.1) is 26.3 Å². The van der Waals surface area contributed by atoms with Crippen LogP contribution < -0.4 is 9.80 Å². The van der Waals surface area contributed by atoms with Crippen molar-refractivity contribution in [3.05, 3.63) is 193 Å². The van der Waals surface area contributed by atoms with E-state index >= 15 is 0 Å². The molecule has 0 fully saturated rings. The van der Waals surface area contributed by atoms with E-state index in [1.54, 1.807) is 0 Å². The van der Waals surface area contributed by atoms with E-state index in [-0.39, 0.29) is 11.5 Å². The maximum Gasteiger partial charge on any atom is 0.0643 e. The van der Waals surface area contributed by atoms with Crippen molar-refractivity contribution in [1.29, 1.82) is 0 Å². The molecule has 0 aliphatic heterocycles. The molecule has 2 aliphatic carbocycles. The van der Waals surface area contributed by atoms with Crippen molar-refractivity contribution in [3.63, 3.8) is 0 Å². The van der Waals surface area contributed by atoms with Gasteiger partial charge in [0.25, 0.3) is 0 Å². The number of allylic oxidation sites excluding steroid dienone is 5. The molecular formula is C50H40N2S2. The lowest BCUT2D eigenvalue weighted by Gasteiger charge is -2.44. The first kappa shape index (κ1) is 32.9. The van der Waals surface area contributed by atoms with E-state index in [0.29, 0.717) is 5.92 Å². The highest BCUT2D eigenvalue weighted by Crippen LogP contribution is 2.47. The SMILES string of the molecule is CC1C=C(N(c2cccc3c2sc2ccccc23)C2(C)C=CC=CC2)C=CC1c1ccc(N(c2ccccc2)c2cccc3c2sc2ccccc23)cc1. The topological polar surface area (TPSA) is 6.48 Å². The van der Waals surface area contributed by atoms with E-state index in [1.807, 2.05) is 22.7 Å². The number of anilines is 4. The van der Waals surface area contributed by atoms with Crippen LogP contribution in [0.4, 0.5) is 22.7 Å². The fourth-order valence-electron chi connectivity index (χ4n) is 8.63. The molecule has 3 atom stereocenters. The summed E-state index contributed by atoms with van der Waals surface area (Å²) in [7, 11) is 0. The van der Waals surface area contributed by atoms with Gasteiger partial charge in [0.1, 0.15) is 0 Å². The van der Waals surface area contributed by atoms with Crippen LogP contribution in [0, 0.1) is 5.92 Å². The molecule has 6 aromatic carbocycles. The van der Waals surface area contributed by atoms with Crippen LogP contribution in [0.2, 0.25) is 0 Å². The zero-order chi connectivity index (χ0) is 36.2. The largest absolute Gasteiger partial charge is 0.331 e. The Balaban J connectivity index is 1.01. The van der Waals surface area contributed by atoms with Crippen molar-refractivity contribution in [1.82, 2.24) is 0 Å². The Kier molecular flexibility index (Phi) is 8.12. The van der Waals surface area contributed by atoms with Crippen molar-refractivity contribution in [3.8, 4) is 0 Å². The third-order valence-electron chi connectivity index (χ3n) is 11.3. The average molecular weight is 733 g/mol. The molecule has 3 unspecified atom stereocenters. The summed E-state index contributed by atoms with van der Waals surface area (Å²) in [5.74, 6) is 0.583. The molecule has 2 heterocycles.